The lowest BCUT2D eigenvalue weighted by molar-refractivity contribution is -0.137. The van der Waals surface area contributed by atoms with Crippen LogP contribution in [-0.4, -0.2) is 121 Å². The van der Waals surface area contributed by atoms with E-state index in [1.54, 1.807) is 33.3 Å². The van der Waals surface area contributed by atoms with Gasteiger partial charge in [0.2, 0.25) is 25.1 Å². The van der Waals surface area contributed by atoms with Crippen LogP contribution < -0.4 is 17.2 Å². The molecule has 2 aliphatic rings. The Balaban J connectivity index is -0.000000165. The van der Waals surface area contributed by atoms with Crippen LogP contribution in [0.15, 0.2) is 30.3 Å². The van der Waals surface area contributed by atoms with Gasteiger partial charge in [-0.15, -0.1) is 0 Å². The summed E-state index contributed by atoms with van der Waals surface area (Å²) >= 11 is 0. The molecule has 2 fully saturated rings. The molecule has 2 heterocycles. The maximum atomic E-state index is 12.7. The Morgan fingerprint density at radius 3 is 1.77 bits per heavy atom. The lowest BCUT2D eigenvalue weighted by Gasteiger charge is -2.38. The highest BCUT2D eigenvalue weighted by Gasteiger charge is 2.35. The van der Waals surface area contributed by atoms with Crippen molar-refractivity contribution in [2.75, 3.05) is 48.6 Å². The fraction of sp³-hybridized carbons (Fsp3) is 0.733. The molecule has 3 rings (SSSR count). The Morgan fingerprint density at radius 1 is 0.933 bits per heavy atom. The van der Waals surface area contributed by atoms with Crippen molar-refractivity contribution in [3.63, 3.8) is 0 Å². The van der Waals surface area contributed by atoms with E-state index in [1.165, 1.54) is 5.56 Å². The minimum atomic E-state index is -0.0251. The molecule has 15 heteroatoms. The Hall–Kier alpha value is -3.84. The van der Waals surface area contributed by atoms with Gasteiger partial charge < -0.3 is 46.0 Å². The first-order valence-corrected chi connectivity index (χ1v) is 21.6. The number of nitriles is 1. The van der Waals surface area contributed by atoms with Gasteiger partial charge in [0.05, 0.1) is 24.3 Å². The highest BCUT2D eigenvalue weighted by molar-refractivity contribution is 6.67. The van der Waals surface area contributed by atoms with E-state index in [4.69, 9.17) is 30.1 Å². The van der Waals surface area contributed by atoms with Crippen molar-refractivity contribution >= 4 is 38.1 Å². The summed E-state index contributed by atoms with van der Waals surface area (Å²) in [7, 11) is 8.54. The van der Waals surface area contributed by atoms with Crippen LogP contribution in [0.25, 0.3) is 0 Å². The first kappa shape index (κ1) is 67.9. The summed E-state index contributed by atoms with van der Waals surface area (Å²) in [4.78, 5) is 54.8. The number of primary amides is 2. The molecule has 0 radical (unpaired) electrons. The van der Waals surface area contributed by atoms with Gasteiger partial charge in [-0.1, -0.05) is 124 Å². The van der Waals surface area contributed by atoms with E-state index in [2.05, 4.69) is 62.0 Å². The van der Waals surface area contributed by atoms with Gasteiger partial charge in [-0.05, 0) is 50.5 Å². The average Bonchev–Trinajstić information content (AvgIpc) is 3.93. The van der Waals surface area contributed by atoms with Crippen molar-refractivity contribution in [3.05, 3.63) is 35.9 Å². The molecule has 0 spiro atoms. The zero-order chi connectivity index (χ0) is 47.9. The molecular weight excluding hydrogens is 763 g/mol. The largest absolute Gasteiger partial charge is 0.388 e. The van der Waals surface area contributed by atoms with Crippen molar-refractivity contribution in [2.45, 2.75) is 151 Å². The third-order valence-electron chi connectivity index (χ3n) is 9.44. The third-order valence-corrected chi connectivity index (χ3v) is 9.44. The smallest absolute Gasteiger partial charge is 0.268 e. The number of carbonyl (C=O) groups is 5. The van der Waals surface area contributed by atoms with Gasteiger partial charge >= 0.3 is 0 Å². The number of carbonyl (C=O) groups excluding carboxylic acids is 5. The summed E-state index contributed by atoms with van der Waals surface area (Å²) < 4.78 is 15.3. The minimum absolute atomic E-state index is 0.0251. The number of likely N-dealkylation sites (tertiary alicyclic amines) is 1. The van der Waals surface area contributed by atoms with Crippen LogP contribution in [0.2, 0.25) is 12.6 Å². The molecule has 350 valence electrons. The van der Waals surface area contributed by atoms with Crippen LogP contribution in [0.1, 0.15) is 113 Å². The molecule has 6 N–H and O–H groups in total. The summed E-state index contributed by atoms with van der Waals surface area (Å²) in [6.45, 7) is 22.1. The zero-order valence-corrected chi connectivity index (χ0v) is 40.4. The fourth-order valence-corrected chi connectivity index (χ4v) is 6.61. The number of methoxy groups -OCH3 is 3. The molecule has 7 atom stereocenters. The van der Waals surface area contributed by atoms with Gasteiger partial charge in [0, 0.05) is 60.8 Å². The number of aldehydes is 1. The molecule has 2 saturated heterocycles. The Labute approximate surface area is 367 Å². The number of likely N-dealkylation sites (N-methyl/N-ethyl adjacent to an activating group) is 1. The molecule has 1 aromatic carbocycles. The molecule has 0 bridgehead atoms. The summed E-state index contributed by atoms with van der Waals surface area (Å²) in [6, 6.07) is 10.5. The summed E-state index contributed by atoms with van der Waals surface area (Å²) in [5.74, 6) is 3.49. The number of hydrogen-bond acceptors (Lipinski definition) is 10. The van der Waals surface area contributed by atoms with Gasteiger partial charge in [0.1, 0.15) is 6.29 Å². The minimum Gasteiger partial charge on any atom is -0.388 e. The maximum Gasteiger partial charge on any atom is 0.268 e. The first-order valence-electron chi connectivity index (χ1n) is 21.6. The number of hydrogen-bond donors (Lipinski definition) is 3. The molecular formula is C45H89BN6O8. The van der Waals surface area contributed by atoms with Crippen molar-refractivity contribution in [2.24, 2.45) is 35.0 Å². The van der Waals surface area contributed by atoms with Gasteiger partial charge in [-0.25, -0.2) is 5.26 Å². The SMILES string of the molecule is CC.CC.CCC(C)C(C(CC)OC)N(C)C(=O)CC1CCB(C#N)C1.CCN.COC.COC(C(C)CC=O)C1CCCN1C=O.Cc1ccccc1.NC=O.NC=O. The molecule has 1 aromatic rings. The first-order chi connectivity index (χ1) is 28.8. The number of amides is 4. The summed E-state index contributed by atoms with van der Waals surface area (Å²) in [5.41, 5.74) is 14.5. The Kier molecular flexibility index (Phi) is 58.1. The monoisotopic (exact) mass is 853 g/mol. The van der Waals surface area contributed by atoms with Crippen molar-refractivity contribution < 1.29 is 38.2 Å². The number of rotatable bonds is 14. The average molecular weight is 853 g/mol. The van der Waals surface area contributed by atoms with E-state index >= 15 is 0 Å². The van der Waals surface area contributed by atoms with Crippen molar-refractivity contribution in [3.8, 4) is 5.97 Å². The Morgan fingerprint density at radius 2 is 1.43 bits per heavy atom. The maximum absolute atomic E-state index is 12.7. The standard InChI is InChI=1S/C17H31BN2O2.C11H19NO3.C7H8.C2H7N.C2H6O.2C2H6.2CH3NO/c1-6-13(3)17(15(7-2)22-5)20(4)16(21)10-14-8-9-18(11-14)12-19;1-9(5-7-13)11(15-2)10-4-3-6-12(10)8-14;1-7-5-3-2-4-6-7;1-2-3;1-3-2;2*1-2;2*2-1-3/h13-15,17H,6-11H2,1-5H3;7-11H,3-6H2,1-2H3;2-6H,1H3;2-3H2,1H3;1-2H3;2*1-2H3;2*1H,(H2,2,3). The second-order valence-corrected chi connectivity index (χ2v) is 13.6. The van der Waals surface area contributed by atoms with E-state index in [9.17, 15) is 14.4 Å². The van der Waals surface area contributed by atoms with Gasteiger partial charge in [0.15, 0.2) is 0 Å². The van der Waals surface area contributed by atoms with Gasteiger partial charge in [0.25, 0.3) is 6.71 Å². The number of aryl methyl sites for hydroxylation is 1. The van der Waals surface area contributed by atoms with Gasteiger partial charge in [-0.2, -0.15) is 0 Å². The molecule has 0 saturated carbocycles. The van der Waals surface area contributed by atoms with Crippen molar-refractivity contribution in [1.82, 2.24) is 9.80 Å². The molecule has 14 nitrogen and oxygen atoms in total. The predicted molar refractivity (Wildman–Crippen MR) is 249 cm³/mol. The topological polar surface area (TPSA) is 221 Å². The Bertz CT molecular complexity index is 1120. The molecule has 0 aliphatic carbocycles. The van der Waals surface area contributed by atoms with Crippen molar-refractivity contribution in [1.29, 1.82) is 5.26 Å². The third kappa shape index (κ3) is 35.0. The second kappa shape index (κ2) is 51.3. The molecule has 0 aromatic heterocycles. The molecule has 7 unspecified atom stereocenters. The molecule has 2 aliphatic heterocycles. The lowest BCUT2D eigenvalue weighted by atomic mass is 9.50. The summed E-state index contributed by atoms with van der Waals surface area (Å²) in [6.07, 6.45) is 10.2. The lowest BCUT2D eigenvalue weighted by Crippen LogP contribution is -2.49. The second-order valence-electron chi connectivity index (χ2n) is 13.6. The van der Waals surface area contributed by atoms with Crippen LogP contribution in [0, 0.1) is 35.9 Å². The van der Waals surface area contributed by atoms with Crippen LogP contribution in [0.4, 0.5) is 0 Å². The highest BCUT2D eigenvalue weighted by Crippen LogP contribution is 2.31. The number of benzene rings is 1. The van der Waals surface area contributed by atoms with Crippen LogP contribution in [-0.2, 0) is 38.2 Å². The predicted octanol–water partition coefficient (Wildman–Crippen LogP) is 6.58. The summed E-state index contributed by atoms with van der Waals surface area (Å²) in [5, 5.41) is 8.99. The zero-order valence-electron chi connectivity index (χ0n) is 40.4. The van der Waals surface area contributed by atoms with E-state index < -0.39 is 0 Å². The van der Waals surface area contributed by atoms with Gasteiger partial charge in [-0.3, -0.25) is 19.2 Å². The van der Waals surface area contributed by atoms with Crippen LogP contribution >= 0.6 is 0 Å². The number of nitrogens with zero attached hydrogens (tertiary/aromatic N) is 3. The number of ether oxygens (including phenoxy) is 3. The van der Waals surface area contributed by atoms with E-state index in [1.807, 2.05) is 71.7 Å². The van der Waals surface area contributed by atoms with E-state index in [0.717, 1.165) is 70.5 Å². The normalized spacial score (nSPS) is 16.5. The van der Waals surface area contributed by atoms with Crippen LogP contribution in [0.5, 0.6) is 0 Å². The number of nitrogens with two attached hydrogens (primary N) is 3. The molecule has 60 heavy (non-hydrogen) atoms. The fourth-order valence-electron chi connectivity index (χ4n) is 6.61. The molecule has 4 amide bonds. The quantitative estimate of drug-likeness (QED) is 0.135. The van der Waals surface area contributed by atoms with Crippen LogP contribution in [0.3, 0.4) is 0 Å². The highest BCUT2D eigenvalue weighted by atomic mass is 16.5. The van der Waals surface area contributed by atoms with E-state index in [0.29, 0.717) is 24.7 Å². The van der Waals surface area contributed by atoms with E-state index in [-0.39, 0.29) is 55.6 Å².